The minimum absolute atomic E-state index is 0.0647. The van der Waals surface area contributed by atoms with E-state index in [-0.39, 0.29) is 12.3 Å². The van der Waals surface area contributed by atoms with Gasteiger partial charge in [-0.05, 0) is 38.3 Å². The second-order valence-corrected chi connectivity index (χ2v) is 7.84. The fourth-order valence-electron chi connectivity index (χ4n) is 4.33. The highest BCUT2D eigenvalue weighted by Gasteiger charge is 2.25. The van der Waals surface area contributed by atoms with E-state index in [9.17, 15) is 0 Å². The minimum Gasteiger partial charge on any atom is -0.496 e. The zero-order chi connectivity index (χ0) is 20.5. The van der Waals surface area contributed by atoms with Crippen LogP contribution in [0.2, 0.25) is 0 Å². The first-order chi connectivity index (χ1) is 14.8. The van der Waals surface area contributed by atoms with Gasteiger partial charge in [0.1, 0.15) is 22.8 Å². The molecule has 30 heavy (non-hydrogen) atoms. The lowest BCUT2D eigenvalue weighted by molar-refractivity contribution is -0.0383. The Morgan fingerprint density at radius 1 is 1.17 bits per heavy atom. The van der Waals surface area contributed by atoms with Gasteiger partial charge < -0.3 is 19.1 Å². The Hall–Kier alpha value is -2.71. The lowest BCUT2D eigenvalue weighted by atomic mass is 10.1. The Kier molecular flexibility index (Phi) is 5.26. The molecule has 0 saturated carbocycles. The molecule has 3 aromatic rings. The van der Waals surface area contributed by atoms with Gasteiger partial charge in [0, 0.05) is 37.0 Å². The Labute approximate surface area is 175 Å². The Morgan fingerprint density at radius 3 is 2.90 bits per heavy atom. The molecule has 0 aromatic carbocycles. The van der Waals surface area contributed by atoms with E-state index in [1.165, 1.54) is 0 Å². The summed E-state index contributed by atoms with van der Waals surface area (Å²) in [6, 6.07) is 6.19. The third kappa shape index (κ3) is 3.40. The third-order valence-electron chi connectivity index (χ3n) is 5.90. The number of fused-ring (bicyclic) bond motifs is 1. The molecular formula is C22H27N5O3. The molecule has 8 heteroatoms. The van der Waals surface area contributed by atoms with Crippen LogP contribution in [-0.2, 0) is 9.47 Å². The molecule has 0 N–H and O–H groups in total. The molecule has 5 heterocycles. The third-order valence-corrected chi connectivity index (χ3v) is 5.90. The van der Waals surface area contributed by atoms with E-state index in [0.29, 0.717) is 13.2 Å². The molecule has 0 amide bonds. The highest BCUT2D eigenvalue weighted by atomic mass is 16.5. The molecule has 0 radical (unpaired) electrons. The van der Waals surface area contributed by atoms with E-state index >= 15 is 0 Å². The molecule has 0 aliphatic carbocycles. The number of morpholine rings is 1. The van der Waals surface area contributed by atoms with Crippen LogP contribution in [0, 0.1) is 0 Å². The van der Waals surface area contributed by atoms with Gasteiger partial charge in [0.15, 0.2) is 6.23 Å². The number of methoxy groups -OCH3 is 1. The number of nitrogens with zero attached hydrogens (tertiary/aromatic N) is 5. The van der Waals surface area contributed by atoms with Gasteiger partial charge in [-0.25, -0.2) is 9.67 Å². The number of anilines is 1. The summed E-state index contributed by atoms with van der Waals surface area (Å²) in [5.74, 6) is 1.67. The van der Waals surface area contributed by atoms with Crippen LogP contribution >= 0.6 is 0 Å². The van der Waals surface area contributed by atoms with E-state index in [4.69, 9.17) is 24.2 Å². The summed E-state index contributed by atoms with van der Waals surface area (Å²) in [6.07, 6.45) is 6.73. The van der Waals surface area contributed by atoms with Crippen LogP contribution in [0.5, 0.6) is 5.75 Å². The Balaban J connectivity index is 1.65. The van der Waals surface area contributed by atoms with E-state index in [1.807, 2.05) is 22.9 Å². The minimum atomic E-state index is -0.0647. The molecule has 5 rings (SSSR count). The zero-order valence-corrected chi connectivity index (χ0v) is 17.5. The maximum atomic E-state index is 5.98. The van der Waals surface area contributed by atoms with Crippen LogP contribution < -0.4 is 9.64 Å². The summed E-state index contributed by atoms with van der Waals surface area (Å²) >= 11 is 0. The molecule has 3 aromatic heterocycles. The number of rotatable bonds is 4. The molecule has 0 spiro atoms. The summed E-state index contributed by atoms with van der Waals surface area (Å²) < 4.78 is 19.3. The van der Waals surface area contributed by atoms with E-state index in [1.54, 1.807) is 19.5 Å². The van der Waals surface area contributed by atoms with Gasteiger partial charge in [-0.15, -0.1) is 0 Å². The topological polar surface area (TPSA) is 74.5 Å². The van der Waals surface area contributed by atoms with Gasteiger partial charge in [-0.2, -0.15) is 5.10 Å². The van der Waals surface area contributed by atoms with Gasteiger partial charge in [0.05, 0.1) is 32.1 Å². The average molecular weight is 409 g/mol. The first kappa shape index (κ1) is 19.3. The molecule has 2 aliphatic rings. The van der Waals surface area contributed by atoms with Crippen molar-refractivity contribution in [3.63, 3.8) is 0 Å². The van der Waals surface area contributed by atoms with Gasteiger partial charge >= 0.3 is 0 Å². The van der Waals surface area contributed by atoms with E-state index < -0.39 is 0 Å². The molecule has 2 atom stereocenters. The van der Waals surface area contributed by atoms with Gasteiger partial charge in [-0.1, -0.05) is 0 Å². The molecule has 2 aliphatic heterocycles. The van der Waals surface area contributed by atoms with Gasteiger partial charge in [-0.3, -0.25) is 4.98 Å². The summed E-state index contributed by atoms with van der Waals surface area (Å²) in [4.78, 5) is 12.0. The SMILES string of the molecule is COc1cc(N2CCOC[C@H]2C)nc2c(-c3ccnn3C3CCCCO3)nccc12. The number of hydrogen-bond acceptors (Lipinski definition) is 7. The molecule has 0 bridgehead atoms. The number of ether oxygens (including phenoxy) is 3. The fraction of sp³-hybridized carbons (Fsp3) is 0.500. The van der Waals surface area contributed by atoms with Crippen LogP contribution in [0.15, 0.2) is 30.6 Å². The largest absolute Gasteiger partial charge is 0.496 e. The first-order valence-electron chi connectivity index (χ1n) is 10.6. The smallest absolute Gasteiger partial charge is 0.150 e. The molecule has 158 valence electrons. The fourth-order valence-corrected chi connectivity index (χ4v) is 4.33. The predicted octanol–water partition coefficient (Wildman–Crippen LogP) is 3.43. The molecule has 2 saturated heterocycles. The maximum Gasteiger partial charge on any atom is 0.150 e. The van der Waals surface area contributed by atoms with Crippen LogP contribution in [0.1, 0.15) is 32.4 Å². The summed E-state index contributed by atoms with van der Waals surface area (Å²) in [5, 5.41) is 5.49. The zero-order valence-electron chi connectivity index (χ0n) is 17.5. The molecule has 2 fully saturated rings. The Bertz CT molecular complexity index is 1030. The second kappa shape index (κ2) is 8.20. The van der Waals surface area contributed by atoms with Crippen LogP contribution in [0.25, 0.3) is 22.3 Å². The van der Waals surface area contributed by atoms with Crippen molar-refractivity contribution in [2.24, 2.45) is 0 Å². The summed E-state index contributed by atoms with van der Waals surface area (Å²) in [7, 11) is 1.70. The van der Waals surface area contributed by atoms with Crippen molar-refractivity contribution in [2.75, 3.05) is 38.4 Å². The van der Waals surface area contributed by atoms with Gasteiger partial charge in [0.25, 0.3) is 0 Å². The van der Waals surface area contributed by atoms with Crippen molar-refractivity contribution < 1.29 is 14.2 Å². The van der Waals surface area contributed by atoms with Crippen molar-refractivity contribution in [3.8, 4) is 17.1 Å². The normalized spacial score (nSPS) is 22.4. The van der Waals surface area contributed by atoms with Crippen molar-refractivity contribution >= 4 is 16.7 Å². The first-order valence-corrected chi connectivity index (χ1v) is 10.6. The number of aromatic nitrogens is 4. The summed E-state index contributed by atoms with van der Waals surface area (Å²) in [5.41, 5.74) is 2.51. The second-order valence-electron chi connectivity index (χ2n) is 7.84. The molecule has 8 nitrogen and oxygen atoms in total. The predicted molar refractivity (Wildman–Crippen MR) is 114 cm³/mol. The van der Waals surface area contributed by atoms with Crippen molar-refractivity contribution in [3.05, 3.63) is 30.6 Å². The van der Waals surface area contributed by atoms with Crippen molar-refractivity contribution in [1.29, 1.82) is 0 Å². The van der Waals surface area contributed by atoms with Crippen molar-refractivity contribution in [2.45, 2.75) is 38.5 Å². The van der Waals surface area contributed by atoms with E-state index in [2.05, 4.69) is 16.9 Å². The number of hydrogen-bond donors (Lipinski definition) is 0. The Morgan fingerprint density at radius 2 is 2.10 bits per heavy atom. The lowest BCUT2D eigenvalue weighted by Gasteiger charge is -2.34. The van der Waals surface area contributed by atoms with E-state index in [0.717, 1.165) is 66.3 Å². The summed E-state index contributed by atoms with van der Waals surface area (Å²) in [6.45, 7) is 5.09. The highest BCUT2D eigenvalue weighted by molar-refractivity contribution is 5.95. The highest BCUT2D eigenvalue weighted by Crippen LogP contribution is 2.36. The number of pyridine rings is 2. The van der Waals surface area contributed by atoms with Crippen molar-refractivity contribution in [1.82, 2.24) is 19.7 Å². The van der Waals surface area contributed by atoms with Gasteiger partial charge in [0.2, 0.25) is 0 Å². The molecule has 1 unspecified atom stereocenters. The molecular weight excluding hydrogens is 382 g/mol. The average Bonchev–Trinajstić information content (AvgIpc) is 3.28. The monoisotopic (exact) mass is 409 g/mol. The van der Waals surface area contributed by atoms with Crippen LogP contribution in [0.3, 0.4) is 0 Å². The maximum absolute atomic E-state index is 5.98. The quantitative estimate of drug-likeness (QED) is 0.653. The van der Waals surface area contributed by atoms with Crippen LogP contribution in [-0.4, -0.2) is 59.3 Å². The standard InChI is InChI=1S/C22H27N5O3/c1-15-14-29-12-10-26(15)19-13-18(28-2)16-6-8-23-22(21(16)25-19)17-7-9-24-27(17)20-5-3-4-11-30-20/h6-9,13,15,20H,3-5,10-12,14H2,1-2H3/t15-,20?/m1/s1. The lowest BCUT2D eigenvalue weighted by Crippen LogP contribution is -2.44. The van der Waals surface area contributed by atoms with Crippen LogP contribution in [0.4, 0.5) is 5.82 Å².